The highest BCUT2D eigenvalue weighted by Crippen LogP contribution is 2.31. The molecule has 0 amide bonds. The molecule has 1 aliphatic rings. The number of aliphatic hydroxyl groups excluding tert-OH is 1. The second-order valence-electron chi connectivity index (χ2n) is 8.46. The van der Waals surface area contributed by atoms with Gasteiger partial charge in [0.2, 0.25) is 0 Å². The molecule has 0 saturated carbocycles. The highest BCUT2D eigenvalue weighted by molar-refractivity contribution is 5.81. The molecule has 0 spiro atoms. The molecule has 1 atom stereocenters. The number of nitrogens with zero attached hydrogens (tertiary/aromatic N) is 2. The number of hydrogen-bond donors (Lipinski definition) is 1. The van der Waals surface area contributed by atoms with Gasteiger partial charge >= 0.3 is 6.18 Å². The van der Waals surface area contributed by atoms with Crippen LogP contribution in [0.1, 0.15) is 60.2 Å². The number of hydrogen-bond acceptors (Lipinski definition) is 3. The molecular formula is C26H27F3N2O. The van der Waals surface area contributed by atoms with Crippen LogP contribution in [0.2, 0.25) is 0 Å². The number of aliphatic hydroxyl groups is 1. The average Bonchev–Trinajstić information content (AvgIpc) is 2.79. The third kappa shape index (κ3) is 5.74. The van der Waals surface area contributed by atoms with E-state index in [0.29, 0.717) is 17.3 Å². The number of aryl methyl sites for hydroxylation is 3. The first-order chi connectivity index (χ1) is 15.4. The summed E-state index contributed by atoms with van der Waals surface area (Å²) in [5.41, 5.74) is 4.12. The van der Waals surface area contributed by atoms with E-state index in [1.165, 1.54) is 36.4 Å². The molecule has 2 heterocycles. The van der Waals surface area contributed by atoms with Crippen LogP contribution in [-0.4, -0.2) is 21.2 Å². The first-order valence-electron chi connectivity index (χ1n) is 11.2. The van der Waals surface area contributed by atoms with Crippen molar-refractivity contribution >= 4 is 17.0 Å². The van der Waals surface area contributed by atoms with Gasteiger partial charge in [0, 0.05) is 23.0 Å². The monoisotopic (exact) mass is 440 g/mol. The number of aromatic nitrogens is 2. The van der Waals surface area contributed by atoms with Crippen LogP contribution >= 0.6 is 0 Å². The quantitative estimate of drug-likeness (QED) is 0.438. The van der Waals surface area contributed by atoms with Gasteiger partial charge in [-0.05, 0) is 80.3 Å². The van der Waals surface area contributed by atoms with Crippen molar-refractivity contribution < 1.29 is 18.3 Å². The van der Waals surface area contributed by atoms with Gasteiger partial charge in [0.1, 0.15) is 0 Å². The Labute approximate surface area is 186 Å². The van der Waals surface area contributed by atoms with Gasteiger partial charge in [0.25, 0.3) is 0 Å². The number of rotatable bonds is 7. The molecule has 1 aromatic carbocycles. The Kier molecular flexibility index (Phi) is 6.89. The lowest BCUT2D eigenvalue weighted by atomic mass is 9.95. The fourth-order valence-corrected chi connectivity index (χ4v) is 4.15. The van der Waals surface area contributed by atoms with E-state index in [1.54, 1.807) is 18.2 Å². The Morgan fingerprint density at radius 2 is 1.88 bits per heavy atom. The van der Waals surface area contributed by atoms with Crippen molar-refractivity contribution in [3.63, 3.8) is 0 Å². The molecule has 0 fully saturated rings. The maximum Gasteiger partial charge on any atom is 0.416 e. The van der Waals surface area contributed by atoms with Crippen LogP contribution in [0.4, 0.5) is 13.2 Å². The van der Waals surface area contributed by atoms with E-state index in [0.717, 1.165) is 55.5 Å². The molecule has 2 aromatic heterocycles. The molecule has 32 heavy (non-hydrogen) atoms. The first kappa shape index (κ1) is 22.5. The number of benzene rings is 1. The summed E-state index contributed by atoms with van der Waals surface area (Å²) in [6, 6.07) is 9.65. The van der Waals surface area contributed by atoms with Gasteiger partial charge in [-0.2, -0.15) is 13.2 Å². The van der Waals surface area contributed by atoms with Crippen LogP contribution in [0, 0.1) is 0 Å². The molecule has 0 bridgehead atoms. The van der Waals surface area contributed by atoms with Gasteiger partial charge in [-0.15, -0.1) is 0 Å². The topological polar surface area (TPSA) is 46.0 Å². The zero-order valence-electron chi connectivity index (χ0n) is 17.9. The van der Waals surface area contributed by atoms with Gasteiger partial charge in [0.15, 0.2) is 0 Å². The lowest BCUT2D eigenvalue weighted by Crippen LogP contribution is -2.07. The molecule has 0 aliphatic heterocycles. The maximum atomic E-state index is 12.8. The van der Waals surface area contributed by atoms with Crippen molar-refractivity contribution in [2.75, 3.05) is 0 Å². The summed E-state index contributed by atoms with van der Waals surface area (Å²) in [6.45, 7) is 0. The number of halogens is 3. The number of alkyl halides is 3. The second kappa shape index (κ2) is 9.82. The van der Waals surface area contributed by atoms with Gasteiger partial charge in [-0.25, -0.2) is 0 Å². The van der Waals surface area contributed by atoms with Crippen molar-refractivity contribution in [2.45, 2.75) is 63.6 Å². The molecule has 1 N–H and O–H groups in total. The van der Waals surface area contributed by atoms with Crippen molar-refractivity contribution in [1.82, 2.24) is 9.97 Å². The standard InChI is InChI=1S/C26H27F3N2O/c27-26(28,29)21-12-10-20-15-18(17-30-25(20)16-21)9-14-23(32)7-3-2-6-22-13-11-19-5-1-4-8-24(19)31-22/h9-17,23,32H,1-8H2/b14-9+. The van der Waals surface area contributed by atoms with Crippen LogP contribution in [0.5, 0.6) is 0 Å². The first-order valence-corrected chi connectivity index (χ1v) is 11.2. The van der Waals surface area contributed by atoms with E-state index in [9.17, 15) is 18.3 Å². The van der Waals surface area contributed by atoms with Crippen molar-refractivity contribution in [3.8, 4) is 0 Å². The molecule has 1 aliphatic carbocycles. The predicted molar refractivity (Wildman–Crippen MR) is 120 cm³/mol. The van der Waals surface area contributed by atoms with Crippen LogP contribution in [0.15, 0.2) is 48.7 Å². The summed E-state index contributed by atoms with van der Waals surface area (Å²) in [7, 11) is 0. The van der Waals surface area contributed by atoms with Crippen molar-refractivity contribution in [1.29, 1.82) is 0 Å². The minimum Gasteiger partial charge on any atom is -0.389 e. The number of unbranched alkanes of at least 4 members (excludes halogenated alkanes) is 1. The van der Waals surface area contributed by atoms with Gasteiger partial charge in [0.05, 0.1) is 17.2 Å². The lowest BCUT2D eigenvalue weighted by Gasteiger charge is -2.15. The largest absolute Gasteiger partial charge is 0.416 e. The fraction of sp³-hybridized carbons (Fsp3) is 0.385. The fourth-order valence-electron chi connectivity index (χ4n) is 4.15. The summed E-state index contributed by atoms with van der Waals surface area (Å²) in [5, 5.41) is 10.9. The van der Waals surface area contributed by atoms with E-state index in [4.69, 9.17) is 4.98 Å². The summed E-state index contributed by atoms with van der Waals surface area (Å²) in [6.07, 6.45) is 8.17. The van der Waals surface area contributed by atoms with E-state index in [2.05, 4.69) is 17.1 Å². The Balaban J connectivity index is 1.27. The van der Waals surface area contributed by atoms with Gasteiger partial charge in [-0.3, -0.25) is 9.97 Å². The summed E-state index contributed by atoms with van der Waals surface area (Å²) in [4.78, 5) is 8.94. The summed E-state index contributed by atoms with van der Waals surface area (Å²) < 4.78 is 38.5. The predicted octanol–water partition coefficient (Wildman–Crippen LogP) is 6.31. The molecule has 6 heteroatoms. The SMILES string of the molecule is OC(/C=C/c1cnc2cc(C(F)(F)F)ccc2c1)CCCCc1ccc2c(n1)CCCC2. The van der Waals surface area contributed by atoms with E-state index >= 15 is 0 Å². The maximum absolute atomic E-state index is 12.8. The van der Waals surface area contributed by atoms with Crippen LogP contribution in [0.3, 0.4) is 0 Å². The highest BCUT2D eigenvalue weighted by Gasteiger charge is 2.30. The highest BCUT2D eigenvalue weighted by atomic mass is 19.4. The van der Waals surface area contributed by atoms with Gasteiger partial charge < -0.3 is 5.11 Å². The smallest absolute Gasteiger partial charge is 0.389 e. The van der Waals surface area contributed by atoms with E-state index in [1.807, 2.05) is 0 Å². The lowest BCUT2D eigenvalue weighted by molar-refractivity contribution is -0.137. The molecule has 3 nitrogen and oxygen atoms in total. The molecule has 1 unspecified atom stereocenters. The Morgan fingerprint density at radius 1 is 1.03 bits per heavy atom. The molecule has 4 rings (SSSR count). The Bertz CT molecular complexity index is 1110. The minimum atomic E-state index is -4.38. The van der Waals surface area contributed by atoms with Crippen LogP contribution in [0.25, 0.3) is 17.0 Å². The van der Waals surface area contributed by atoms with E-state index in [-0.39, 0.29) is 0 Å². The third-order valence-corrected chi connectivity index (χ3v) is 5.96. The number of fused-ring (bicyclic) bond motifs is 2. The zero-order valence-corrected chi connectivity index (χ0v) is 17.9. The van der Waals surface area contributed by atoms with Gasteiger partial charge in [-0.1, -0.05) is 30.7 Å². The van der Waals surface area contributed by atoms with Crippen LogP contribution in [-0.2, 0) is 25.4 Å². The van der Waals surface area contributed by atoms with E-state index < -0.39 is 17.8 Å². The van der Waals surface area contributed by atoms with Crippen molar-refractivity contribution in [2.24, 2.45) is 0 Å². The number of pyridine rings is 2. The normalized spacial score (nSPS) is 15.2. The zero-order chi connectivity index (χ0) is 22.6. The molecule has 0 radical (unpaired) electrons. The molecule has 0 saturated heterocycles. The Hall–Kier alpha value is -2.73. The van der Waals surface area contributed by atoms with Crippen molar-refractivity contribution in [3.05, 3.63) is 76.7 Å². The molecule has 168 valence electrons. The average molecular weight is 441 g/mol. The second-order valence-corrected chi connectivity index (χ2v) is 8.46. The summed E-state index contributed by atoms with van der Waals surface area (Å²) in [5.74, 6) is 0. The molecule has 3 aromatic rings. The molecular weight excluding hydrogens is 413 g/mol. The minimum absolute atomic E-state index is 0.299. The van der Waals surface area contributed by atoms with Crippen LogP contribution < -0.4 is 0 Å². The summed E-state index contributed by atoms with van der Waals surface area (Å²) >= 11 is 0. The third-order valence-electron chi connectivity index (χ3n) is 5.96. The Morgan fingerprint density at radius 3 is 2.72 bits per heavy atom.